The normalized spacial score (nSPS) is 15.0. The first-order chi connectivity index (χ1) is 7.00. The molecule has 0 bridgehead atoms. The van der Waals surface area contributed by atoms with Crippen molar-refractivity contribution in [1.29, 1.82) is 0 Å². The van der Waals surface area contributed by atoms with Crippen LogP contribution in [0.15, 0.2) is 12.1 Å². The van der Waals surface area contributed by atoms with Crippen molar-refractivity contribution >= 4 is 5.91 Å². The van der Waals surface area contributed by atoms with Gasteiger partial charge in [0, 0.05) is 19.2 Å². The third kappa shape index (κ3) is 1.54. The third-order valence-corrected chi connectivity index (χ3v) is 3.10. The summed E-state index contributed by atoms with van der Waals surface area (Å²) in [6, 6.07) is 4.23. The van der Waals surface area contributed by atoms with Gasteiger partial charge < -0.3 is 4.90 Å². The highest BCUT2D eigenvalue weighted by Crippen LogP contribution is 2.28. The Bertz CT molecular complexity index is 421. The first-order valence-corrected chi connectivity index (χ1v) is 5.39. The van der Waals surface area contributed by atoms with Gasteiger partial charge in [0.1, 0.15) is 0 Å². The maximum atomic E-state index is 11.8. The highest BCUT2D eigenvalue weighted by molar-refractivity contribution is 5.98. The molecule has 1 aromatic carbocycles. The number of aryl methyl sites for hydroxylation is 1. The second-order valence-corrected chi connectivity index (χ2v) is 4.68. The Labute approximate surface area is 90.9 Å². The molecular weight excluding hydrogens is 186 g/mol. The molecule has 2 nitrogen and oxygen atoms in total. The van der Waals surface area contributed by atoms with Crippen LogP contribution in [0.25, 0.3) is 0 Å². The maximum Gasteiger partial charge on any atom is 0.254 e. The van der Waals surface area contributed by atoms with E-state index in [9.17, 15) is 4.79 Å². The minimum Gasteiger partial charge on any atom is -0.337 e. The Morgan fingerprint density at radius 2 is 2.00 bits per heavy atom. The summed E-state index contributed by atoms with van der Waals surface area (Å²) >= 11 is 0. The van der Waals surface area contributed by atoms with E-state index in [2.05, 4.69) is 26.8 Å². The van der Waals surface area contributed by atoms with Gasteiger partial charge in [0.25, 0.3) is 5.91 Å². The second-order valence-electron chi connectivity index (χ2n) is 4.68. The van der Waals surface area contributed by atoms with Crippen molar-refractivity contribution < 1.29 is 4.79 Å². The predicted octanol–water partition coefficient (Wildman–Crippen LogP) is 2.70. The average Bonchev–Trinajstić information content (AvgIpc) is 2.43. The summed E-state index contributed by atoms with van der Waals surface area (Å²) in [5.74, 6) is 0.680. The molecule has 0 aromatic heterocycles. The molecule has 0 aliphatic carbocycles. The van der Waals surface area contributed by atoms with Gasteiger partial charge in [-0.3, -0.25) is 4.79 Å². The fraction of sp³-hybridized carbons (Fsp3) is 0.462. The molecule has 0 atom stereocenters. The molecule has 1 aromatic rings. The fourth-order valence-corrected chi connectivity index (χ4v) is 2.26. The monoisotopic (exact) mass is 203 g/mol. The lowest BCUT2D eigenvalue weighted by Crippen LogP contribution is -2.17. The van der Waals surface area contributed by atoms with E-state index >= 15 is 0 Å². The molecule has 0 unspecified atom stereocenters. The van der Waals surface area contributed by atoms with E-state index in [0.29, 0.717) is 5.92 Å². The number of hydrogen-bond donors (Lipinski definition) is 0. The SMILES string of the molecule is Cc1cc2c(cc1C(C)C)CN(C)C2=O. The quantitative estimate of drug-likeness (QED) is 0.687. The molecule has 1 amide bonds. The zero-order valence-corrected chi connectivity index (χ0v) is 9.79. The van der Waals surface area contributed by atoms with E-state index in [4.69, 9.17) is 0 Å². The van der Waals surface area contributed by atoms with Crippen LogP contribution >= 0.6 is 0 Å². The number of hydrogen-bond acceptors (Lipinski definition) is 1. The van der Waals surface area contributed by atoms with Crippen LogP contribution in [-0.4, -0.2) is 17.9 Å². The summed E-state index contributed by atoms with van der Waals surface area (Å²) in [6.07, 6.45) is 0. The lowest BCUT2D eigenvalue weighted by molar-refractivity contribution is 0.0816. The van der Waals surface area contributed by atoms with Crippen LogP contribution in [0.2, 0.25) is 0 Å². The molecule has 80 valence electrons. The molecule has 0 radical (unpaired) electrons. The molecule has 0 N–H and O–H groups in total. The molecule has 1 heterocycles. The Kier molecular flexibility index (Phi) is 2.29. The topological polar surface area (TPSA) is 20.3 Å². The highest BCUT2D eigenvalue weighted by atomic mass is 16.2. The fourth-order valence-electron chi connectivity index (χ4n) is 2.26. The van der Waals surface area contributed by atoms with Crippen molar-refractivity contribution in [1.82, 2.24) is 4.90 Å². The summed E-state index contributed by atoms with van der Waals surface area (Å²) in [7, 11) is 1.85. The van der Waals surface area contributed by atoms with Gasteiger partial charge in [-0.15, -0.1) is 0 Å². The Balaban J connectivity index is 2.54. The van der Waals surface area contributed by atoms with Gasteiger partial charge in [0.15, 0.2) is 0 Å². The Hall–Kier alpha value is -1.31. The van der Waals surface area contributed by atoms with E-state index in [-0.39, 0.29) is 5.91 Å². The van der Waals surface area contributed by atoms with E-state index in [1.165, 1.54) is 16.7 Å². The summed E-state index contributed by atoms with van der Waals surface area (Å²) in [4.78, 5) is 13.5. The van der Waals surface area contributed by atoms with Crippen LogP contribution in [0, 0.1) is 6.92 Å². The zero-order chi connectivity index (χ0) is 11.2. The molecule has 0 spiro atoms. The lowest BCUT2D eigenvalue weighted by Gasteiger charge is -2.11. The highest BCUT2D eigenvalue weighted by Gasteiger charge is 2.25. The van der Waals surface area contributed by atoms with Crippen molar-refractivity contribution in [3.05, 3.63) is 34.4 Å². The molecule has 0 saturated carbocycles. The largest absolute Gasteiger partial charge is 0.337 e. The molecule has 15 heavy (non-hydrogen) atoms. The Morgan fingerprint density at radius 3 is 2.60 bits per heavy atom. The number of rotatable bonds is 1. The van der Waals surface area contributed by atoms with Gasteiger partial charge in [0.2, 0.25) is 0 Å². The third-order valence-electron chi connectivity index (χ3n) is 3.10. The molecule has 0 saturated heterocycles. The van der Waals surface area contributed by atoms with Crippen LogP contribution in [-0.2, 0) is 6.54 Å². The van der Waals surface area contributed by atoms with Crippen molar-refractivity contribution in [2.75, 3.05) is 7.05 Å². The lowest BCUT2D eigenvalue weighted by atomic mass is 9.93. The molecule has 1 aliphatic heterocycles. The van der Waals surface area contributed by atoms with E-state index < -0.39 is 0 Å². The molecule has 0 fully saturated rings. The van der Waals surface area contributed by atoms with E-state index in [0.717, 1.165) is 12.1 Å². The second kappa shape index (κ2) is 3.37. The van der Waals surface area contributed by atoms with Gasteiger partial charge in [-0.1, -0.05) is 19.9 Å². The number of carbonyl (C=O) groups is 1. The first kappa shape index (κ1) is 10.2. The summed E-state index contributed by atoms with van der Waals surface area (Å²) in [5, 5.41) is 0. The van der Waals surface area contributed by atoms with Gasteiger partial charge >= 0.3 is 0 Å². The van der Waals surface area contributed by atoms with Crippen LogP contribution in [0.3, 0.4) is 0 Å². The van der Waals surface area contributed by atoms with Crippen molar-refractivity contribution in [2.45, 2.75) is 33.2 Å². The van der Waals surface area contributed by atoms with Crippen LogP contribution in [0.1, 0.15) is 46.8 Å². The van der Waals surface area contributed by atoms with Crippen LogP contribution in [0.5, 0.6) is 0 Å². The minimum absolute atomic E-state index is 0.156. The van der Waals surface area contributed by atoms with Gasteiger partial charge in [0.05, 0.1) is 0 Å². The summed E-state index contributed by atoms with van der Waals surface area (Å²) in [5.41, 5.74) is 4.65. The van der Waals surface area contributed by atoms with Gasteiger partial charge in [-0.05, 0) is 35.6 Å². The van der Waals surface area contributed by atoms with Gasteiger partial charge in [-0.25, -0.2) is 0 Å². The molecule has 2 heteroatoms. The minimum atomic E-state index is 0.156. The van der Waals surface area contributed by atoms with Gasteiger partial charge in [-0.2, -0.15) is 0 Å². The van der Waals surface area contributed by atoms with E-state index in [1.807, 2.05) is 13.1 Å². The predicted molar refractivity (Wildman–Crippen MR) is 61.1 cm³/mol. The number of amides is 1. The van der Waals surface area contributed by atoms with Crippen molar-refractivity contribution in [3.63, 3.8) is 0 Å². The first-order valence-electron chi connectivity index (χ1n) is 5.39. The maximum absolute atomic E-state index is 11.8. The molecule has 1 aliphatic rings. The number of fused-ring (bicyclic) bond motifs is 1. The summed E-state index contributed by atoms with van der Waals surface area (Å²) < 4.78 is 0. The number of benzene rings is 1. The van der Waals surface area contributed by atoms with Crippen molar-refractivity contribution in [2.24, 2.45) is 0 Å². The molecule has 2 rings (SSSR count). The number of nitrogens with zero attached hydrogens (tertiary/aromatic N) is 1. The zero-order valence-electron chi connectivity index (χ0n) is 9.79. The molecular formula is C13H17NO. The average molecular weight is 203 g/mol. The number of carbonyl (C=O) groups excluding carboxylic acids is 1. The van der Waals surface area contributed by atoms with Crippen LogP contribution < -0.4 is 0 Å². The standard InChI is InChI=1S/C13H17NO/c1-8(2)11-6-10-7-14(4)13(15)12(10)5-9(11)3/h5-6,8H,7H2,1-4H3. The Morgan fingerprint density at radius 1 is 1.33 bits per heavy atom. The van der Waals surface area contributed by atoms with Crippen molar-refractivity contribution in [3.8, 4) is 0 Å². The van der Waals surface area contributed by atoms with Crippen LogP contribution in [0.4, 0.5) is 0 Å². The smallest absolute Gasteiger partial charge is 0.254 e. The summed E-state index contributed by atoms with van der Waals surface area (Å²) in [6.45, 7) is 7.22. The van der Waals surface area contributed by atoms with E-state index in [1.54, 1.807) is 4.90 Å².